The number of carbonyl (C=O) groups is 1. The SMILES string of the molecule is C=C(Br)CNCCC(=O)N(CC)CC. The van der Waals surface area contributed by atoms with Crippen molar-refractivity contribution in [2.24, 2.45) is 0 Å². The minimum absolute atomic E-state index is 0.211. The molecule has 0 heterocycles. The molecule has 0 aliphatic rings. The average Bonchev–Trinajstić information content (AvgIpc) is 2.14. The number of hydrogen-bond donors (Lipinski definition) is 1. The molecule has 1 N–H and O–H groups in total. The van der Waals surface area contributed by atoms with E-state index in [9.17, 15) is 4.79 Å². The summed E-state index contributed by atoms with van der Waals surface area (Å²) in [5.41, 5.74) is 0. The third kappa shape index (κ3) is 6.16. The zero-order chi connectivity index (χ0) is 11.0. The third-order valence-corrected chi connectivity index (χ3v) is 2.23. The minimum atomic E-state index is 0.211. The Labute approximate surface area is 94.7 Å². The molecule has 0 aliphatic carbocycles. The molecule has 0 saturated heterocycles. The van der Waals surface area contributed by atoms with Gasteiger partial charge in [-0.15, -0.1) is 0 Å². The van der Waals surface area contributed by atoms with E-state index in [1.54, 1.807) is 0 Å². The Bertz CT molecular complexity index is 191. The van der Waals surface area contributed by atoms with E-state index in [1.165, 1.54) is 0 Å². The van der Waals surface area contributed by atoms with Crippen molar-refractivity contribution >= 4 is 21.8 Å². The summed E-state index contributed by atoms with van der Waals surface area (Å²) < 4.78 is 0.910. The maximum absolute atomic E-state index is 11.5. The fourth-order valence-electron chi connectivity index (χ4n) is 1.15. The molecule has 0 bridgehead atoms. The second-order valence-electron chi connectivity index (χ2n) is 3.01. The standard InChI is InChI=1S/C10H19BrN2O/c1-4-13(5-2)10(14)6-7-12-8-9(3)11/h12H,3-8H2,1-2H3. The second kappa shape index (κ2) is 8.00. The van der Waals surface area contributed by atoms with Gasteiger partial charge in [-0.25, -0.2) is 0 Å². The van der Waals surface area contributed by atoms with Gasteiger partial charge in [0.2, 0.25) is 5.91 Å². The van der Waals surface area contributed by atoms with E-state index in [-0.39, 0.29) is 5.91 Å². The Hall–Kier alpha value is -0.350. The van der Waals surface area contributed by atoms with Crippen LogP contribution in [0.2, 0.25) is 0 Å². The number of rotatable bonds is 7. The van der Waals surface area contributed by atoms with Crippen LogP contribution in [0.5, 0.6) is 0 Å². The second-order valence-corrected chi connectivity index (χ2v) is 4.13. The van der Waals surface area contributed by atoms with Crippen LogP contribution in [0.3, 0.4) is 0 Å². The predicted molar refractivity (Wildman–Crippen MR) is 63.5 cm³/mol. The van der Waals surface area contributed by atoms with E-state index in [4.69, 9.17) is 0 Å². The molecule has 0 unspecified atom stereocenters. The van der Waals surface area contributed by atoms with Gasteiger partial charge in [-0.3, -0.25) is 4.79 Å². The number of carbonyl (C=O) groups excluding carboxylic acids is 1. The Morgan fingerprint density at radius 1 is 1.43 bits per heavy atom. The molecule has 14 heavy (non-hydrogen) atoms. The van der Waals surface area contributed by atoms with Crippen LogP contribution in [0.25, 0.3) is 0 Å². The summed E-state index contributed by atoms with van der Waals surface area (Å²) in [5, 5.41) is 3.12. The summed E-state index contributed by atoms with van der Waals surface area (Å²) in [6.45, 7) is 10.7. The Morgan fingerprint density at radius 3 is 2.43 bits per heavy atom. The van der Waals surface area contributed by atoms with E-state index in [0.29, 0.717) is 19.5 Å². The van der Waals surface area contributed by atoms with Crippen LogP contribution < -0.4 is 5.32 Å². The van der Waals surface area contributed by atoms with Gasteiger partial charge in [0.05, 0.1) is 0 Å². The predicted octanol–water partition coefficient (Wildman–Crippen LogP) is 1.74. The van der Waals surface area contributed by atoms with Crippen molar-refractivity contribution in [2.75, 3.05) is 26.2 Å². The molecule has 0 aromatic carbocycles. The number of hydrogen-bond acceptors (Lipinski definition) is 2. The van der Waals surface area contributed by atoms with Gasteiger partial charge in [-0.1, -0.05) is 22.5 Å². The maximum atomic E-state index is 11.5. The lowest BCUT2D eigenvalue weighted by atomic mass is 10.3. The first-order valence-electron chi connectivity index (χ1n) is 4.93. The Morgan fingerprint density at radius 2 is 2.00 bits per heavy atom. The van der Waals surface area contributed by atoms with Crippen LogP contribution in [-0.2, 0) is 4.79 Å². The summed E-state index contributed by atoms with van der Waals surface area (Å²) in [6, 6.07) is 0. The van der Waals surface area contributed by atoms with Gasteiger partial charge < -0.3 is 10.2 Å². The van der Waals surface area contributed by atoms with E-state index in [2.05, 4.69) is 27.8 Å². The molecule has 0 aromatic rings. The third-order valence-electron chi connectivity index (χ3n) is 1.95. The van der Waals surface area contributed by atoms with Crippen LogP contribution in [0.4, 0.5) is 0 Å². The first-order chi connectivity index (χ1) is 6.61. The first kappa shape index (κ1) is 13.7. The molecule has 0 spiro atoms. The highest BCUT2D eigenvalue weighted by Gasteiger charge is 2.07. The van der Waals surface area contributed by atoms with Crippen LogP contribution >= 0.6 is 15.9 Å². The summed E-state index contributed by atoms with van der Waals surface area (Å²) in [7, 11) is 0. The lowest BCUT2D eigenvalue weighted by Gasteiger charge is -2.18. The molecule has 0 rings (SSSR count). The van der Waals surface area contributed by atoms with Crippen molar-refractivity contribution in [3.63, 3.8) is 0 Å². The number of nitrogens with zero attached hydrogens (tertiary/aromatic N) is 1. The van der Waals surface area contributed by atoms with Gasteiger partial charge in [-0.2, -0.15) is 0 Å². The van der Waals surface area contributed by atoms with E-state index >= 15 is 0 Å². The summed E-state index contributed by atoms with van der Waals surface area (Å²) in [4.78, 5) is 13.3. The van der Waals surface area contributed by atoms with Crippen molar-refractivity contribution in [1.29, 1.82) is 0 Å². The lowest BCUT2D eigenvalue weighted by molar-refractivity contribution is -0.130. The largest absolute Gasteiger partial charge is 0.343 e. The van der Waals surface area contributed by atoms with Crippen molar-refractivity contribution in [3.8, 4) is 0 Å². The molecule has 0 radical (unpaired) electrons. The van der Waals surface area contributed by atoms with Crippen LogP contribution in [0, 0.1) is 0 Å². The smallest absolute Gasteiger partial charge is 0.223 e. The van der Waals surface area contributed by atoms with Gasteiger partial charge >= 0.3 is 0 Å². The van der Waals surface area contributed by atoms with Gasteiger partial charge in [0.15, 0.2) is 0 Å². The van der Waals surface area contributed by atoms with Crippen molar-refractivity contribution in [2.45, 2.75) is 20.3 Å². The van der Waals surface area contributed by atoms with Gasteiger partial charge in [0.1, 0.15) is 0 Å². The minimum Gasteiger partial charge on any atom is -0.343 e. The Kier molecular flexibility index (Phi) is 7.80. The number of nitrogens with one attached hydrogen (secondary N) is 1. The number of halogens is 1. The molecule has 0 atom stereocenters. The normalized spacial score (nSPS) is 9.93. The zero-order valence-electron chi connectivity index (χ0n) is 8.98. The number of amides is 1. The van der Waals surface area contributed by atoms with Gasteiger partial charge in [-0.05, 0) is 13.8 Å². The van der Waals surface area contributed by atoms with E-state index in [0.717, 1.165) is 17.6 Å². The van der Waals surface area contributed by atoms with E-state index < -0.39 is 0 Å². The highest BCUT2D eigenvalue weighted by Crippen LogP contribution is 1.97. The van der Waals surface area contributed by atoms with Crippen molar-refractivity contribution in [1.82, 2.24) is 10.2 Å². The molecule has 0 saturated carbocycles. The molecular weight excluding hydrogens is 244 g/mol. The molecule has 1 amide bonds. The van der Waals surface area contributed by atoms with Crippen LogP contribution in [-0.4, -0.2) is 37.0 Å². The topological polar surface area (TPSA) is 32.3 Å². The molecule has 4 heteroatoms. The first-order valence-corrected chi connectivity index (χ1v) is 5.72. The summed E-state index contributed by atoms with van der Waals surface area (Å²) in [6.07, 6.45) is 0.557. The molecule has 0 aromatic heterocycles. The zero-order valence-corrected chi connectivity index (χ0v) is 10.6. The maximum Gasteiger partial charge on any atom is 0.223 e. The highest BCUT2D eigenvalue weighted by atomic mass is 79.9. The van der Waals surface area contributed by atoms with Gasteiger partial charge in [0.25, 0.3) is 0 Å². The Balaban J connectivity index is 3.57. The monoisotopic (exact) mass is 262 g/mol. The van der Waals surface area contributed by atoms with Gasteiger partial charge in [0, 0.05) is 37.1 Å². The lowest BCUT2D eigenvalue weighted by Crippen LogP contribution is -2.33. The van der Waals surface area contributed by atoms with E-state index in [1.807, 2.05) is 18.7 Å². The fourth-order valence-corrected chi connectivity index (χ4v) is 1.35. The average molecular weight is 263 g/mol. The quantitative estimate of drug-likeness (QED) is 0.710. The van der Waals surface area contributed by atoms with Crippen molar-refractivity contribution in [3.05, 3.63) is 11.1 Å². The molecule has 3 nitrogen and oxygen atoms in total. The van der Waals surface area contributed by atoms with Crippen LogP contribution in [0.15, 0.2) is 11.1 Å². The summed E-state index contributed by atoms with van der Waals surface area (Å²) in [5.74, 6) is 0.211. The summed E-state index contributed by atoms with van der Waals surface area (Å²) >= 11 is 3.25. The molecule has 0 aliphatic heterocycles. The highest BCUT2D eigenvalue weighted by molar-refractivity contribution is 9.11. The fraction of sp³-hybridized carbons (Fsp3) is 0.700. The van der Waals surface area contributed by atoms with Crippen molar-refractivity contribution < 1.29 is 4.79 Å². The molecule has 0 fully saturated rings. The molecule has 82 valence electrons. The molecular formula is C10H19BrN2O. The van der Waals surface area contributed by atoms with Crippen LogP contribution in [0.1, 0.15) is 20.3 Å².